The Labute approximate surface area is 151 Å². The third kappa shape index (κ3) is 4.27. The van der Waals surface area contributed by atoms with Crippen molar-refractivity contribution in [3.8, 4) is 5.75 Å². The molecule has 1 N–H and O–H groups in total. The first-order chi connectivity index (χ1) is 12.1. The molecule has 0 radical (unpaired) electrons. The minimum Gasteiger partial charge on any atom is -0.497 e. The van der Waals surface area contributed by atoms with Crippen LogP contribution in [0.25, 0.3) is 21.1 Å². The van der Waals surface area contributed by atoms with E-state index in [1.807, 2.05) is 44.2 Å². The van der Waals surface area contributed by atoms with Crippen molar-refractivity contribution in [1.82, 2.24) is 10.3 Å². The van der Waals surface area contributed by atoms with Gasteiger partial charge in [-0.25, -0.2) is 4.98 Å². The lowest BCUT2D eigenvalue weighted by molar-refractivity contribution is 0.0757. The fraction of sp³-hybridized carbons (Fsp3) is 0.368. The summed E-state index contributed by atoms with van der Waals surface area (Å²) >= 11 is 1.41. The Balaban J connectivity index is 1.71. The van der Waals surface area contributed by atoms with Crippen molar-refractivity contribution in [3.05, 3.63) is 35.2 Å². The summed E-state index contributed by atoms with van der Waals surface area (Å²) in [6, 6.07) is 9.72. The van der Waals surface area contributed by atoms with Gasteiger partial charge in [-0.1, -0.05) is 0 Å². The van der Waals surface area contributed by atoms with E-state index in [0.29, 0.717) is 18.0 Å². The van der Waals surface area contributed by atoms with E-state index >= 15 is 0 Å². The molecule has 0 aliphatic carbocycles. The number of carbonyl (C=O) groups excluding carboxylic acids is 1. The van der Waals surface area contributed by atoms with Crippen LogP contribution in [0, 0.1) is 0 Å². The van der Waals surface area contributed by atoms with Gasteiger partial charge in [0, 0.05) is 23.9 Å². The molecule has 3 aromatic rings. The molecule has 0 saturated carbocycles. The molecule has 0 unspecified atom stereocenters. The van der Waals surface area contributed by atoms with E-state index in [0.717, 1.165) is 33.3 Å². The zero-order chi connectivity index (χ0) is 17.8. The van der Waals surface area contributed by atoms with Gasteiger partial charge < -0.3 is 14.8 Å². The maximum atomic E-state index is 12.3. The Morgan fingerprint density at radius 2 is 2.08 bits per heavy atom. The molecule has 2 aromatic heterocycles. The molecule has 3 rings (SSSR count). The number of hydrogen-bond acceptors (Lipinski definition) is 5. The molecule has 132 valence electrons. The molecule has 2 heterocycles. The summed E-state index contributed by atoms with van der Waals surface area (Å²) in [4.78, 5) is 18.5. The Morgan fingerprint density at radius 3 is 2.84 bits per heavy atom. The second-order valence-corrected chi connectivity index (χ2v) is 7.11. The highest BCUT2D eigenvalue weighted by atomic mass is 32.1. The second kappa shape index (κ2) is 7.80. The van der Waals surface area contributed by atoms with Crippen LogP contribution in [0.5, 0.6) is 5.75 Å². The highest BCUT2D eigenvalue weighted by Gasteiger charge is 2.12. The number of amides is 1. The standard InChI is InChI=1S/C19H22N2O3S/c1-12(2)24-8-4-7-20-18(22)17-11-14-9-13-10-15(23-3)5-6-16(13)21-19(14)25-17/h5-6,9-12H,4,7-8H2,1-3H3,(H,20,22). The van der Waals surface area contributed by atoms with E-state index in [2.05, 4.69) is 10.3 Å². The lowest BCUT2D eigenvalue weighted by Crippen LogP contribution is -2.24. The lowest BCUT2D eigenvalue weighted by atomic mass is 10.2. The first kappa shape index (κ1) is 17.6. The number of thiophene rings is 1. The summed E-state index contributed by atoms with van der Waals surface area (Å²) in [5.74, 6) is 0.736. The molecule has 25 heavy (non-hydrogen) atoms. The number of pyridine rings is 1. The first-order valence-electron chi connectivity index (χ1n) is 8.35. The van der Waals surface area contributed by atoms with Crippen molar-refractivity contribution < 1.29 is 14.3 Å². The monoisotopic (exact) mass is 358 g/mol. The fourth-order valence-corrected chi connectivity index (χ4v) is 3.47. The number of hydrogen-bond donors (Lipinski definition) is 1. The average Bonchev–Trinajstić information content (AvgIpc) is 3.01. The van der Waals surface area contributed by atoms with Crippen molar-refractivity contribution in [2.45, 2.75) is 26.4 Å². The number of nitrogens with zero attached hydrogens (tertiary/aromatic N) is 1. The molecule has 0 saturated heterocycles. The topological polar surface area (TPSA) is 60.5 Å². The number of rotatable bonds is 7. The quantitative estimate of drug-likeness (QED) is 0.649. The second-order valence-electron chi connectivity index (χ2n) is 6.08. The molecule has 0 aliphatic rings. The van der Waals surface area contributed by atoms with Crippen molar-refractivity contribution in [2.24, 2.45) is 0 Å². The van der Waals surface area contributed by atoms with Gasteiger partial charge >= 0.3 is 0 Å². The van der Waals surface area contributed by atoms with Gasteiger partial charge in [0.25, 0.3) is 5.91 Å². The highest BCUT2D eigenvalue weighted by molar-refractivity contribution is 7.20. The molecule has 1 aromatic carbocycles. The first-order valence-corrected chi connectivity index (χ1v) is 9.16. The van der Waals surface area contributed by atoms with Gasteiger partial charge in [0.15, 0.2) is 0 Å². The van der Waals surface area contributed by atoms with Crippen LogP contribution in [0.2, 0.25) is 0 Å². The van der Waals surface area contributed by atoms with E-state index in [9.17, 15) is 4.79 Å². The Hall–Kier alpha value is -2.18. The van der Waals surface area contributed by atoms with Gasteiger partial charge in [-0.15, -0.1) is 11.3 Å². The lowest BCUT2D eigenvalue weighted by Gasteiger charge is -2.07. The van der Waals surface area contributed by atoms with Gasteiger partial charge in [0.1, 0.15) is 10.6 Å². The number of ether oxygens (including phenoxy) is 2. The maximum absolute atomic E-state index is 12.3. The smallest absolute Gasteiger partial charge is 0.261 e. The molecule has 0 aliphatic heterocycles. The fourth-order valence-electron chi connectivity index (χ4n) is 2.53. The van der Waals surface area contributed by atoms with E-state index in [1.165, 1.54) is 11.3 Å². The van der Waals surface area contributed by atoms with Crippen LogP contribution >= 0.6 is 11.3 Å². The Morgan fingerprint density at radius 1 is 1.24 bits per heavy atom. The minimum absolute atomic E-state index is 0.0609. The summed E-state index contributed by atoms with van der Waals surface area (Å²) in [7, 11) is 1.65. The van der Waals surface area contributed by atoms with E-state index < -0.39 is 0 Å². The van der Waals surface area contributed by atoms with Crippen LogP contribution in [-0.4, -0.2) is 37.3 Å². The summed E-state index contributed by atoms with van der Waals surface area (Å²) in [5, 5.41) is 4.91. The van der Waals surface area contributed by atoms with Gasteiger partial charge in [-0.2, -0.15) is 0 Å². The normalized spacial score (nSPS) is 11.4. The minimum atomic E-state index is -0.0609. The number of carbonyl (C=O) groups is 1. The zero-order valence-electron chi connectivity index (χ0n) is 14.7. The van der Waals surface area contributed by atoms with Crippen molar-refractivity contribution in [1.29, 1.82) is 0 Å². The number of aromatic nitrogens is 1. The highest BCUT2D eigenvalue weighted by Crippen LogP contribution is 2.29. The van der Waals surface area contributed by atoms with Crippen LogP contribution in [0.15, 0.2) is 30.3 Å². The molecule has 0 atom stereocenters. The maximum Gasteiger partial charge on any atom is 0.261 e. The van der Waals surface area contributed by atoms with Crippen LogP contribution in [0.1, 0.15) is 29.9 Å². The van der Waals surface area contributed by atoms with Crippen LogP contribution in [0.4, 0.5) is 0 Å². The largest absolute Gasteiger partial charge is 0.497 e. The molecule has 0 fully saturated rings. The third-order valence-electron chi connectivity index (χ3n) is 3.79. The van der Waals surface area contributed by atoms with E-state index in [-0.39, 0.29) is 12.0 Å². The average molecular weight is 358 g/mol. The molecule has 1 amide bonds. The number of fused-ring (bicyclic) bond motifs is 2. The number of nitrogens with one attached hydrogen (secondary N) is 1. The van der Waals surface area contributed by atoms with Crippen LogP contribution in [-0.2, 0) is 4.74 Å². The summed E-state index contributed by atoms with van der Waals surface area (Å²) in [5.41, 5.74) is 0.896. The number of methoxy groups -OCH3 is 1. The predicted molar refractivity (Wildman–Crippen MR) is 102 cm³/mol. The van der Waals surface area contributed by atoms with Crippen LogP contribution in [0.3, 0.4) is 0 Å². The summed E-state index contributed by atoms with van der Waals surface area (Å²) in [6.07, 6.45) is 1.02. The molecule has 6 heteroatoms. The molecular weight excluding hydrogens is 336 g/mol. The Kier molecular flexibility index (Phi) is 5.50. The van der Waals surface area contributed by atoms with Gasteiger partial charge in [0.05, 0.1) is 23.6 Å². The summed E-state index contributed by atoms with van der Waals surface area (Å²) in [6.45, 7) is 5.26. The Bertz CT molecular complexity index is 889. The van der Waals surface area contributed by atoms with Gasteiger partial charge in [0.2, 0.25) is 0 Å². The summed E-state index contributed by atoms with van der Waals surface area (Å²) < 4.78 is 10.7. The van der Waals surface area contributed by atoms with Crippen LogP contribution < -0.4 is 10.1 Å². The van der Waals surface area contributed by atoms with Gasteiger partial charge in [-0.05, 0) is 50.6 Å². The predicted octanol–water partition coefficient (Wildman–Crippen LogP) is 4.00. The molecule has 0 bridgehead atoms. The van der Waals surface area contributed by atoms with E-state index in [4.69, 9.17) is 9.47 Å². The van der Waals surface area contributed by atoms with Gasteiger partial charge in [-0.3, -0.25) is 4.79 Å². The SMILES string of the molecule is COc1ccc2nc3sc(C(=O)NCCCOC(C)C)cc3cc2c1. The van der Waals surface area contributed by atoms with Crippen molar-refractivity contribution in [2.75, 3.05) is 20.3 Å². The van der Waals surface area contributed by atoms with E-state index in [1.54, 1.807) is 7.11 Å². The number of benzene rings is 1. The van der Waals surface area contributed by atoms with Crippen molar-refractivity contribution >= 4 is 38.4 Å². The molecule has 5 nitrogen and oxygen atoms in total. The molecule has 0 spiro atoms. The van der Waals surface area contributed by atoms with Crippen molar-refractivity contribution in [3.63, 3.8) is 0 Å². The zero-order valence-corrected chi connectivity index (χ0v) is 15.5. The third-order valence-corrected chi connectivity index (χ3v) is 4.83. The molecular formula is C19H22N2O3S.